The number of pyridine rings is 1. The summed E-state index contributed by atoms with van der Waals surface area (Å²) in [4.78, 5) is 4.80. The fourth-order valence-electron chi connectivity index (χ4n) is 2.86. The van der Waals surface area contributed by atoms with Crippen LogP contribution in [0.2, 0.25) is 0 Å². The average molecular weight is 275 g/mol. The van der Waals surface area contributed by atoms with Crippen LogP contribution >= 0.6 is 0 Å². The number of aryl methyl sites for hydroxylation is 1. The summed E-state index contributed by atoms with van der Waals surface area (Å²) in [5.74, 6) is 0. The molecule has 0 N–H and O–H groups in total. The van der Waals surface area contributed by atoms with E-state index in [1.54, 1.807) is 0 Å². The topological polar surface area (TPSA) is 12.9 Å². The number of aromatic nitrogens is 1. The second-order valence-electron chi connectivity index (χ2n) is 6.63. The fraction of sp³-hybridized carbons (Fsp3) is 0.250. The average Bonchev–Trinajstić information content (AvgIpc) is 2.46. The van der Waals surface area contributed by atoms with Gasteiger partial charge < -0.3 is 0 Å². The Balaban J connectivity index is 2.45. The van der Waals surface area contributed by atoms with Gasteiger partial charge in [-0.25, -0.2) is 0 Å². The second kappa shape index (κ2) is 5.00. The van der Waals surface area contributed by atoms with Crippen LogP contribution in [0.5, 0.6) is 0 Å². The van der Waals surface area contributed by atoms with E-state index in [0.29, 0.717) is 0 Å². The molecule has 0 spiro atoms. The van der Waals surface area contributed by atoms with Gasteiger partial charge in [0, 0.05) is 22.6 Å². The van der Waals surface area contributed by atoms with Crippen LogP contribution in [0.1, 0.15) is 32.0 Å². The molecule has 21 heavy (non-hydrogen) atoms. The third-order valence-electron chi connectivity index (χ3n) is 3.92. The quantitative estimate of drug-likeness (QED) is 0.571. The summed E-state index contributed by atoms with van der Waals surface area (Å²) < 4.78 is 0. The van der Waals surface area contributed by atoms with Crippen LogP contribution in [0, 0.1) is 6.92 Å². The first-order chi connectivity index (χ1) is 9.98. The maximum atomic E-state index is 4.80. The van der Waals surface area contributed by atoms with Gasteiger partial charge in [0.05, 0.1) is 5.69 Å². The summed E-state index contributed by atoms with van der Waals surface area (Å²) in [6, 6.07) is 17.1. The highest BCUT2D eigenvalue weighted by molar-refractivity contribution is 5.98. The largest absolute Gasteiger partial charge is 0.259 e. The highest BCUT2D eigenvalue weighted by Gasteiger charge is 2.23. The van der Waals surface area contributed by atoms with E-state index in [1.165, 1.54) is 27.5 Å². The Kier molecular flexibility index (Phi) is 3.29. The Morgan fingerprint density at radius 1 is 0.857 bits per heavy atom. The van der Waals surface area contributed by atoms with E-state index in [4.69, 9.17) is 4.98 Å². The summed E-state index contributed by atoms with van der Waals surface area (Å²) in [5.41, 5.74) is 5.03. The molecular weight excluding hydrogens is 254 g/mol. The van der Waals surface area contributed by atoms with Gasteiger partial charge in [0.2, 0.25) is 0 Å². The Labute approximate surface area is 126 Å². The van der Waals surface area contributed by atoms with Crippen molar-refractivity contribution >= 4 is 10.8 Å². The van der Waals surface area contributed by atoms with Gasteiger partial charge in [0.1, 0.15) is 0 Å². The monoisotopic (exact) mass is 275 g/mol. The van der Waals surface area contributed by atoms with Gasteiger partial charge >= 0.3 is 0 Å². The standard InChI is InChI=1S/C20H21N/c1-14-9-5-7-11-16(14)18-17-12-8-6-10-15(17)13-21-19(18)20(2,3)4/h5-13H,1-4H3. The minimum absolute atomic E-state index is 0.0155. The Hall–Kier alpha value is -2.15. The van der Waals surface area contributed by atoms with E-state index < -0.39 is 0 Å². The molecule has 0 aliphatic heterocycles. The zero-order chi connectivity index (χ0) is 15.0. The minimum Gasteiger partial charge on any atom is -0.259 e. The van der Waals surface area contributed by atoms with Gasteiger partial charge in [-0.3, -0.25) is 4.98 Å². The Bertz CT molecular complexity index is 794. The van der Waals surface area contributed by atoms with Gasteiger partial charge in [-0.1, -0.05) is 69.3 Å². The molecule has 0 saturated heterocycles. The first kappa shape index (κ1) is 13.8. The van der Waals surface area contributed by atoms with E-state index in [9.17, 15) is 0 Å². The lowest BCUT2D eigenvalue weighted by atomic mass is 9.83. The van der Waals surface area contributed by atoms with Gasteiger partial charge in [-0.2, -0.15) is 0 Å². The van der Waals surface area contributed by atoms with Crippen LogP contribution in [0.3, 0.4) is 0 Å². The van der Waals surface area contributed by atoms with E-state index in [2.05, 4.69) is 76.2 Å². The third kappa shape index (κ3) is 2.44. The number of hydrogen-bond acceptors (Lipinski definition) is 1. The van der Waals surface area contributed by atoms with Gasteiger partial charge in [-0.15, -0.1) is 0 Å². The van der Waals surface area contributed by atoms with Crippen LogP contribution in [0.4, 0.5) is 0 Å². The molecule has 1 nitrogen and oxygen atoms in total. The molecule has 1 heteroatoms. The van der Waals surface area contributed by atoms with Crippen molar-refractivity contribution < 1.29 is 0 Å². The Morgan fingerprint density at radius 2 is 1.52 bits per heavy atom. The molecule has 0 unspecified atom stereocenters. The molecule has 1 aromatic heterocycles. The number of rotatable bonds is 1. The van der Waals surface area contributed by atoms with Crippen LogP contribution in [0.15, 0.2) is 54.7 Å². The van der Waals surface area contributed by atoms with Crippen LogP contribution in [-0.4, -0.2) is 4.98 Å². The van der Waals surface area contributed by atoms with Crippen molar-refractivity contribution in [3.05, 3.63) is 66.0 Å². The molecule has 3 rings (SSSR count). The van der Waals surface area contributed by atoms with Crippen molar-refractivity contribution in [2.24, 2.45) is 0 Å². The van der Waals surface area contributed by atoms with Crippen LogP contribution in [0.25, 0.3) is 21.9 Å². The van der Waals surface area contributed by atoms with Gasteiger partial charge in [0.15, 0.2) is 0 Å². The first-order valence-electron chi connectivity index (χ1n) is 7.43. The fourth-order valence-corrected chi connectivity index (χ4v) is 2.86. The molecule has 3 aromatic rings. The van der Waals surface area contributed by atoms with Crippen molar-refractivity contribution in [2.75, 3.05) is 0 Å². The molecular formula is C20H21N. The molecule has 0 radical (unpaired) electrons. The number of benzene rings is 2. The lowest BCUT2D eigenvalue weighted by Crippen LogP contribution is -2.15. The zero-order valence-electron chi connectivity index (χ0n) is 13.1. The second-order valence-corrected chi connectivity index (χ2v) is 6.63. The molecule has 0 atom stereocenters. The van der Waals surface area contributed by atoms with Crippen molar-refractivity contribution in [3.8, 4) is 11.1 Å². The molecule has 106 valence electrons. The molecule has 0 amide bonds. The molecule has 0 saturated carbocycles. The highest BCUT2D eigenvalue weighted by atomic mass is 14.7. The molecule has 0 bridgehead atoms. The van der Waals surface area contributed by atoms with Crippen molar-refractivity contribution in [1.29, 1.82) is 0 Å². The SMILES string of the molecule is Cc1ccccc1-c1c(C(C)(C)C)ncc2ccccc12. The number of hydrogen-bond donors (Lipinski definition) is 0. The van der Waals surface area contributed by atoms with Crippen molar-refractivity contribution in [1.82, 2.24) is 4.98 Å². The van der Waals surface area contributed by atoms with Gasteiger partial charge in [0.25, 0.3) is 0 Å². The zero-order valence-corrected chi connectivity index (χ0v) is 13.1. The van der Waals surface area contributed by atoms with E-state index in [1.807, 2.05) is 6.20 Å². The molecule has 0 aliphatic carbocycles. The normalized spacial score (nSPS) is 11.8. The van der Waals surface area contributed by atoms with Crippen molar-refractivity contribution in [2.45, 2.75) is 33.1 Å². The summed E-state index contributed by atoms with van der Waals surface area (Å²) in [5, 5.41) is 2.48. The van der Waals surface area contributed by atoms with Gasteiger partial charge in [-0.05, 0) is 23.4 Å². The summed E-state index contributed by atoms with van der Waals surface area (Å²) in [7, 11) is 0. The summed E-state index contributed by atoms with van der Waals surface area (Å²) in [6.45, 7) is 8.85. The number of fused-ring (bicyclic) bond motifs is 1. The predicted molar refractivity (Wildman–Crippen MR) is 90.6 cm³/mol. The molecule has 0 aliphatic rings. The smallest absolute Gasteiger partial charge is 0.0541 e. The van der Waals surface area contributed by atoms with E-state index in [-0.39, 0.29) is 5.41 Å². The maximum absolute atomic E-state index is 4.80. The van der Waals surface area contributed by atoms with E-state index in [0.717, 1.165) is 5.69 Å². The number of nitrogens with zero attached hydrogens (tertiary/aromatic N) is 1. The van der Waals surface area contributed by atoms with Crippen LogP contribution in [-0.2, 0) is 5.41 Å². The van der Waals surface area contributed by atoms with Crippen molar-refractivity contribution in [3.63, 3.8) is 0 Å². The summed E-state index contributed by atoms with van der Waals surface area (Å²) >= 11 is 0. The lowest BCUT2D eigenvalue weighted by Gasteiger charge is -2.24. The minimum atomic E-state index is 0.0155. The predicted octanol–water partition coefficient (Wildman–Crippen LogP) is 5.51. The molecule has 2 aromatic carbocycles. The highest BCUT2D eigenvalue weighted by Crippen LogP contribution is 2.37. The lowest BCUT2D eigenvalue weighted by molar-refractivity contribution is 0.572. The first-order valence-corrected chi connectivity index (χ1v) is 7.43. The van der Waals surface area contributed by atoms with Crippen LogP contribution < -0.4 is 0 Å². The Morgan fingerprint density at radius 3 is 2.24 bits per heavy atom. The molecule has 1 heterocycles. The maximum Gasteiger partial charge on any atom is 0.0541 e. The summed E-state index contributed by atoms with van der Waals surface area (Å²) in [6.07, 6.45) is 2.00. The molecule has 0 fully saturated rings. The van der Waals surface area contributed by atoms with E-state index >= 15 is 0 Å². The third-order valence-corrected chi connectivity index (χ3v) is 3.92.